The number of nitrogens with zero attached hydrogens (tertiary/aromatic N) is 2. The van der Waals surface area contributed by atoms with Crippen molar-refractivity contribution in [3.05, 3.63) is 53.6 Å². The highest BCUT2D eigenvalue weighted by Gasteiger charge is 2.25. The van der Waals surface area contributed by atoms with E-state index in [1.165, 1.54) is 13.0 Å². The maximum absolute atomic E-state index is 12.9. The molecule has 8 nitrogen and oxygen atoms in total. The molecule has 0 spiro atoms. The number of amides is 1. The highest BCUT2D eigenvalue weighted by atomic mass is 32.2. The SMILES string of the molecule is CCNS(=O)(=O)c1cc(C(=O)Nc2cccc(C(C)=O)c2)ccc1N1CCN(C)CC1. The number of carbonyl (C=O) groups excluding carboxylic acids is 2. The number of piperazine rings is 1. The first-order chi connectivity index (χ1) is 14.7. The fraction of sp³-hybridized carbons (Fsp3) is 0.364. The topological polar surface area (TPSA) is 98.8 Å². The van der Waals surface area contributed by atoms with E-state index in [-0.39, 0.29) is 22.8 Å². The third-order valence-electron chi connectivity index (χ3n) is 5.22. The molecule has 9 heteroatoms. The summed E-state index contributed by atoms with van der Waals surface area (Å²) in [4.78, 5) is 28.7. The van der Waals surface area contributed by atoms with Gasteiger partial charge in [-0.3, -0.25) is 9.59 Å². The van der Waals surface area contributed by atoms with Crippen molar-refractivity contribution < 1.29 is 18.0 Å². The molecule has 2 aromatic carbocycles. The molecule has 2 N–H and O–H groups in total. The van der Waals surface area contributed by atoms with Crippen LogP contribution in [0.25, 0.3) is 0 Å². The van der Waals surface area contributed by atoms with Crippen LogP contribution < -0.4 is 14.9 Å². The van der Waals surface area contributed by atoms with Crippen LogP contribution in [0.5, 0.6) is 0 Å². The zero-order chi connectivity index (χ0) is 22.6. The van der Waals surface area contributed by atoms with E-state index in [0.717, 1.165) is 13.1 Å². The molecule has 1 aliphatic rings. The average Bonchev–Trinajstić information content (AvgIpc) is 2.74. The summed E-state index contributed by atoms with van der Waals surface area (Å²) in [5, 5.41) is 2.74. The molecular formula is C22H28N4O4S. The van der Waals surface area contributed by atoms with Gasteiger partial charge in [-0.25, -0.2) is 13.1 Å². The fourth-order valence-electron chi connectivity index (χ4n) is 3.47. The predicted octanol–water partition coefficient (Wildman–Crippen LogP) is 2.19. The molecule has 0 atom stereocenters. The summed E-state index contributed by atoms with van der Waals surface area (Å²) in [5.74, 6) is -0.551. The number of sulfonamides is 1. The monoisotopic (exact) mass is 444 g/mol. The van der Waals surface area contributed by atoms with Gasteiger partial charge >= 0.3 is 0 Å². The lowest BCUT2D eigenvalue weighted by atomic mass is 10.1. The van der Waals surface area contributed by atoms with Crippen LogP contribution in [-0.4, -0.2) is 64.8 Å². The quantitative estimate of drug-likeness (QED) is 0.635. The summed E-state index contributed by atoms with van der Waals surface area (Å²) in [7, 11) is -1.75. The number of Topliss-reactive ketones (excluding diaryl/α,β-unsaturated/α-hetero) is 1. The summed E-state index contributed by atoms with van der Waals surface area (Å²) in [6, 6.07) is 11.4. The Labute approximate surface area is 183 Å². The van der Waals surface area contributed by atoms with Crippen molar-refractivity contribution in [1.29, 1.82) is 0 Å². The van der Waals surface area contributed by atoms with Gasteiger partial charge in [-0.05, 0) is 44.3 Å². The van der Waals surface area contributed by atoms with Gasteiger partial charge in [0.25, 0.3) is 5.91 Å². The van der Waals surface area contributed by atoms with Crippen molar-refractivity contribution >= 4 is 33.1 Å². The number of likely N-dealkylation sites (N-methyl/N-ethyl adjacent to an activating group) is 1. The second-order valence-corrected chi connectivity index (χ2v) is 9.30. The molecule has 1 fully saturated rings. The number of anilines is 2. The van der Waals surface area contributed by atoms with Crippen LogP contribution in [0.1, 0.15) is 34.6 Å². The molecule has 1 amide bonds. The molecule has 0 saturated carbocycles. The van der Waals surface area contributed by atoms with E-state index in [0.29, 0.717) is 30.0 Å². The Hall–Kier alpha value is -2.75. The van der Waals surface area contributed by atoms with Gasteiger partial charge in [0.05, 0.1) is 5.69 Å². The van der Waals surface area contributed by atoms with Crippen molar-refractivity contribution in [2.45, 2.75) is 18.7 Å². The van der Waals surface area contributed by atoms with Gasteiger partial charge in [0, 0.05) is 49.5 Å². The van der Waals surface area contributed by atoms with Crippen LogP contribution in [0.15, 0.2) is 47.4 Å². The van der Waals surface area contributed by atoms with Gasteiger partial charge < -0.3 is 15.1 Å². The molecule has 3 rings (SSSR count). The maximum Gasteiger partial charge on any atom is 0.255 e. The zero-order valence-electron chi connectivity index (χ0n) is 18.0. The molecule has 0 unspecified atom stereocenters. The Bertz CT molecular complexity index is 1080. The van der Waals surface area contributed by atoms with Gasteiger partial charge in [0.15, 0.2) is 5.78 Å². The Morgan fingerprint density at radius 1 is 1.00 bits per heavy atom. The molecule has 1 saturated heterocycles. The fourth-order valence-corrected chi connectivity index (χ4v) is 4.76. The van der Waals surface area contributed by atoms with E-state index in [2.05, 4.69) is 14.9 Å². The van der Waals surface area contributed by atoms with Crippen molar-refractivity contribution in [3.63, 3.8) is 0 Å². The molecule has 0 aliphatic carbocycles. The lowest BCUT2D eigenvalue weighted by Crippen LogP contribution is -2.45. The molecule has 166 valence electrons. The number of nitrogens with one attached hydrogen (secondary N) is 2. The largest absolute Gasteiger partial charge is 0.368 e. The molecule has 31 heavy (non-hydrogen) atoms. The maximum atomic E-state index is 12.9. The van der Waals surface area contributed by atoms with E-state index in [1.807, 2.05) is 11.9 Å². The number of ketones is 1. The molecule has 0 radical (unpaired) electrons. The Morgan fingerprint density at radius 3 is 2.35 bits per heavy atom. The second kappa shape index (κ2) is 9.59. The Morgan fingerprint density at radius 2 is 1.71 bits per heavy atom. The van der Waals surface area contributed by atoms with Gasteiger partial charge in [-0.15, -0.1) is 0 Å². The van der Waals surface area contributed by atoms with Crippen molar-refractivity contribution in [2.75, 3.05) is 50.0 Å². The normalized spacial score (nSPS) is 15.0. The van der Waals surface area contributed by atoms with E-state index in [1.54, 1.807) is 43.3 Å². The minimum Gasteiger partial charge on any atom is -0.368 e. The van der Waals surface area contributed by atoms with Crippen LogP contribution in [0, 0.1) is 0 Å². The molecular weight excluding hydrogens is 416 g/mol. The molecule has 1 heterocycles. The lowest BCUT2D eigenvalue weighted by Gasteiger charge is -2.35. The van der Waals surface area contributed by atoms with Crippen molar-refractivity contribution in [1.82, 2.24) is 9.62 Å². The summed E-state index contributed by atoms with van der Waals surface area (Å²) >= 11 is 0. The Balaban J connectivity index is 1.93. The molecule has 0 bridgehead atoms. The smallest absolute Gasteiger partial charge is 0.255 e. The third kappa shape index (κ3) is 5.49. The van der Waals surface area contributed by atoms with Gasteiger partial charge in [0.2, 0.25) is 10.0 Å². The summed E-state index contributed by atoms with van der Waals surface area (Å²) in [6.45, 7) is 6.48. The van der Waals surface area contributed by atoms with Crippen LogP contribution in [0.4, 0.5) is 11.4 Å². The number of benzene rings is 2. The van der Waals surface area contributed by atoms with E-state index >= 15 is 0 Å². The number of hydrogen-bond acceptors (Lipinski definition) is 6. The van der Waals surface area contributed by atoms with Gasteiger partial charge in [-0.1, -0.05) is 19.1 Å². The number of hydrogen-bond donors (Lipinski definition) is 2. The minimum atomic E-state index is -3.78. The number of rotatable bonds is 7. The van der Waals surface area contributed by atoms with E-state index in [4.69, 9.17) is 0 Å². The summed E-state index contributed by atoms with van der Waals surface area (Å²) in [5.41, 5.74) is 1.77. The molecule has 0 aromatic heterocycles. The molecule has 1 aliphatic heterocycles. The van der Waals surface area contributed by atoms with E-state index < -0.39 is 15.9 Å². The second-order valence-electron chi connectivity index (χ2n) is 7.57. The number of carbonyl (C=O) groups is 2. The minimum absolute atomic E-state index is 0.0871. The van der Waals surface area contributed by atoms with Gasteiger partial charge in [-0.2, -0.15) is 0 Å². The van der Waals surface area contributed by atoms with Crippen LogP contribution in [0.3, 0.4) is 0 Å². The average molecular weight is 445 g/mol. The first kappa shape index (κ1) is 22.9. The first-order valence-corrected chi connectivity index (χ1v) is 11.7. The highest BCUT2D eigenvalue weighted by Crippen LogP contribution is 2.28. The lowest BCUT2D eigenvalue weighted by molar-refractivity contribution is 0.101. The van der Waals surface area contributed by atoms with Crippen molar-refractivity contribution in [2.24, 2.45) is 0 Å². The predicted molar refractivity (Wildman–Crippen MR) is 121 cm³/mol. The van der Waals surface area contributed by atoms with Crippen molar-refractivity contribution in [3.8, 4) is 0 Å². The highest BCUT2D eigenvalue weighted by molar-refractivity contribution is 7.89. The van der Waals surface area contributed by atoms with Crippen LogP contribution >= 0.6 is 0 Å². The van der Waals surface area contributed by atoms with Gasteiger partial charge in [0.1, 0.15) is 4.90 Å². The first-order valence-electron chi connectivity index (χ1n) is 10.2. The molecule has 2 aromatic rings. The third-order valence-corrected chi connectivity index (χ3v) is 6.79. The zero-order valence-corrected chi connectivity index (χ0v) is 18.8. The standard InChI is InChI=1S/C22H28N4O4S/c1-4-23-31(29,30)21-15-18(8-9-20(21)26-12-10-25(3)11-13-26)22(28)24-19-7-5-6-17(14-19)16(2)27/h5-9,14-15,23H,4,10-13H2,1-3H3,(H,24,28). The van der Waals surface area contributed by atoms with E-state index in [9.17, 15) is 18.0 Å². The summed E-state index contributed by atoms with van der Waals surface area (Å²) < 4.78 is 28.3. The Kier molecular flexibility index (Phi) is 7.09. The van der Waals surface area contributed by atoms with Crippen LogP contribution in [0.2, 0.25) is 0 Å². The van der Waals surface area contributed by atoms with Crippen LogP contribution in [-0.2, 0) is 10.0 Å². The summed E-state index contributed by atoms with van der Waals surface area (Å²) in [6.07, 6.45) is 0.